The number of rotatable bonds is 7. The zero-order valence-corrected chi connectivity index (χ0v) is 13.1. The molecular formula is C15H27N5O. The molecule has 21 heavy (non-hydrogen) atoms. The number of aromatic amines is 1. The molecule has 0 bridgehead atoms. The van der Waals surface area contributed by atoms with E-state index in [9.17, 15) is 4.79 Å². The van der Waals surface area contributed by atoms with E-state index < -0.39 is 0 Å². The molecule has 1 aromatic heterocycles. The summed E-state index contributed by atoms with van der Waals surface area (Å²) < 4.78 is 0. The summed E-state index contributed by atoms with van der Waals surface area (Å²) in [5.74, 6) is 0.149. The summed E-state index contributed by atoms with van der Waals surface area (Å²) in [5.41, 5.74) is 1.06. The first kappa shape index (κ1) is 16.0. The van der Waals surface area contributed by atoms with Crippen molar-refractivity contribution < 1.29 is 4.79 Å². The standard InChI is InChI=1S/C15H27N5O/c1-13(20-11-9-19(2)10-12-20)3-4-15(21)16-7-5-14-6-8-17-18-14/h6,8,13H,3-5,7,9-12H2,1-2H3,(H,16,21)(H,17,18). The number of H-pyrrole nitrogens is 1. The van der Waals surface area contributed by atoms with Crippen molar-refractivity contribution in [1.29, 1.82) is 0 Å². The predicted octanol–water partition coefficient (Wildman–Crippen LogP) is 0.485. The SMILES string of the molecule is CC(CCC(=O)NCCc1ccn[nH]1)N1CCN(C)CC1. The number of carbonyl (C=O) groups excluding carboxylic acids is 1. The van der Waals surface area contributed by atoms with Crippen molar-refractivity contribution in [1.82, 2.24) is 25.3 Å². The van der Waals surface area contributed by atoms with Gasteiger partial charge in [0.2, 0.25) is 5.91 Å². The molecule has 6 nitrogen and oxygen atoms in total. The Hall–Kier alpha value is -1.40. The fourth-order valence-corrected chi connectivity index (χ4v) is 2.63. The average Bonchev–Trinajstić information content (AvgIpc) is 2.99. The van der Waals surface area contributed by atoms with Crippen LogP contribution in [-0.2, 0) is 11.2 Å². The molecule has 1 aliphatic rings. The van der Waals surface area contributed by atoms with Gasteiger partial charge in [0.1, 0.15) is 0 Å². The summed E-state index contributed by atoms with van der Waals surface area (Å²) >= 11 is 0. The third-order valence-corrected chi connectivity index (χ3v) is 4.23. The second kappa shape index (κ2) is 8.14. The molecule has 118 valence electrons. The molecule has 0 radical (unpaired) electrons. The lowest BCUT2D eigenvalue weighted by Crippen LogP contribution is -2.48. The maximum absolute atomic E-state index is 11.8. The molecule has 1 atom stereocenters. The molecule has 1 fully saturated rings. The lowest BCUT2D eigenvalue weighted by molar-refractivity contribution is -0.121. The van der Waals surface area contributed by atoms with Crippen LogP contribution in [0.5, 0.6) is 0 Å². The molecule has 0 spiro atoms. The highest BCUT2D eigenvalue weighted by Gasteiger charge is 2.19. The Balaban J connectivity index is 1.57. The number of nitrogens with one attached hydrogen (secondary N) is 2. The van der Waals surface area contributed by atoms with Crippen molar-refractivity contribution in [3.05, 3.63) is 18.0 Å². The Morgan fingerprint density at radius 2 is 2.19 bits per heavy atom. The average molecular weight is 293 g/mol. The van der Waals surface area contributed by atoms with Gasteiger partial charge in [0.15, 0.2) is 0 Å². The first-order chi connectivity index (χ1) is 10.1. The van der Waals surface area contributed by atoms with Gasteiger partial charge in [-0.3, -0.25) is 14.8 Å². The number of hydrogen-bond donors (Lipinski definition) is 2. The van der Waals surface area contributed by atoms with Crippen molar-refractivity contribution in [3.63, 3.8) is 0 Å². The van der Waals surface area contributed by atoms with Gasteiger partial charge in [-0.15, -0.1) is 0 Å². The van der Waals surface area contributed by atoms with E-state index >= 15 is 0 Å². The van der Waals surface area contributed by atoms with Gasteiger partial charge in [0.25, 0.3) is 0 Å². The van der Waals surface area contributed by atoms with Crippen LogP contribution in [0.1, 0.15) is 25.5 Å². The fourth-order valence-electron chi connectivity index (χ4n) is 2.63. The summed E-state index contributed by atoms with van der Waals surface area (Å²) in [6.45, 7) is 7.37. The van der Waals surface area contributed by atoms with Crippen molar-refractivity contribution in [2.24, 2.45) is 0 Å². The molecule has 1 saturated heterocycles. The number of likely N-dealkylation sites (N-methyl/N-ethyl adjacent to an activating group) is 1. The van der Waals surface area contributed by atoms with Gasteiger partial charge < -0.3 is 10.2 Å². The number of piperazine rings is 1. The third-order valence-electron chi connectivity index (χ3n) is 4.23. The Labute approximate surface area is 126 Å². The number of carbonyl (C=O) groups is 1. The summed E-state index contributed by atoms with van der Waals surface area (Å²) in [5, 5.41) is 9.76. The Kier molecular flexibility index (Phi) is 6.20. The minimum atomic E-state index is 0.149. The molecule has 2 rings (SSSR count). The Morgan fingerprint density at radius 1 is 1.43 bits per heavy atom. The highest BCUT2D eigenvalue weighted by atomic mass is 16.1. The van der Waals surface area contributed by atoms with Gasteiger partial charge in [-0.2, -0.15) is 5.10 Å². The van der Waals surface area contributed by atoms with Crippen molar-refractivity contribution in [2.75, 3.05) is 39.8 Å². The highest BCUT2D eigenvalue weighted by molar-refractivity contribution is 5.75. The van der Waals surface area contributed by atoms with Crippen LogP contribution in [0.15, 0.2) is 12.3 Å². The number of hydrogen-bond acceptors (Lipinski definition) is 4. The zero-order valence-electron chi connectivity index (χ0n) is 13.1. The molecule has 0 aliphatic carbocycles. The molecule has 2 N–H and O–H groups in total. The lowest BCUT2D eigenvalue weighted by Gasteiger charge is -2.36. The first-order valence-electron chi connectivity index (χ1n) is 7.82. The van der Waals surface area contributed by atoms with E-state index in [1.165, 1.54) is 0 Å². The van der Waals surface area contributed by atoms with Gasteiger partial charge in [-0.05, 0) is 26.5 Å². The Bertz CT molecular complexity index is 412. The van der Waals surface area contributed by atoms with Crippen LogP contribution >= 0.6 is 0 Å². The molecular weight excluding hydrogens is 266 g/mol. The quantitative estimate of drug-likeness (QED) is 0.768. The van der Waals surface area contributed by atoms with E-state index in [0.717, 1.165) is 44.7 Å². The third kappa shape index (κ3) is 5.47. The normalized spacial score (nSPS) is 18.6. The molecule has 1 unspecified atom stereocenters. The maximum Gasteiger partial charge on any atom is 0.220 e. The van der Waals surface area contributed by atoms with Crippen LogP contribution in [0.25, 0.3) is 0 Å². The van der Waals surface area contributed by atoms with Crippen LogP contribution in [-0.4, -0.2) is 71.7 Å². The van der Waals surface area contributed by atoms with Crippen molar-refractivity contribution >= 4 is 5.91 Å². The summed E-state index contributed by atoms with van der Waals surface area (Å²) in [7, 11) is 2.16. The molecule has 2 heterocycles. The summed E-state index contributed by atoms with van der Waals surface area (Å²) in [6.07, 6.45) is 4.07. The minimum Gasteiger partial charge on any atom is -0.356 e. The van der Waals surface area contributed by atoms with Crippen LogP contribution in [0, 0.1) is 0 Å². The zero-order chi connectivity index (χ0) is 15.1. The summed E-state index contributed by atoms with van der Waals surface area (Å²) in [6, 6.07) is 2.42. The topological polar surface area (TPSA) is 64.3 Å². The number of nitrogens with zero attached hydrogens (tertiary/aromatic N) is 3. The van der Waals surface area contributed by atoms with Gasteiger partial charge in [0, 0.05) is 63.5 Å². The van der Waals surface area contributed by atoms with Crippen LogP contribution in [0.3, 0.4) is 0 Å². The molecule has 0 saturated carbocycles. The van der Waals surface area contributed by atoms with Gasteiger partial charge in [-0.1, -0.05) is 0 Å². The van der Waals surface area contributed by atoms with Gasteiger partial charge in [-0.25, -0.2) is 0 Å². The monoisotopic (exact) mass is 293 g/mol. The van der Waals surface area contributed by atoms with Gasteiger partial charge in [0.05, 0.1) is 0 Å². The van der Waals surface area contributed by atoms with E-state index in [0.29, 0.717) is 19.0 Å². The van der Waals surface area contributed by atoms with Crippen molar-refractivity contribution in [2.45, 2.75) is 32.2 Å². The molecule has 6 heteroatoms. The molecule has 0 aromatic carbocycles. The number of aromatic nitrogens is 2. The van der Waals surface area contributed by atoms with Crippen LogP contribution < -0.4 is 5.32 Å². The molecule has 1 aromatic rings. The highest BCUT2D eigenvalue weighted by Crippen LogP contribution is 2.09. The van der Waals surface area contributed by atoms with E-state index in [1.807, 2.05) is 6.07 Å². The summed E-state index contributed by atoms with van der Waals surface area (Å²) in [4.78, 5) is 16.7. The van der Waals surface area contributed by atoms with E-state index in [1.54, 1.807) is 6.20 Å². The molecule has 1 aliphatic heterocycles. The van der Waals surface area contributed by atoms with Crippen LogP contribution in [0.2, 0.25) is 0 Å². The number of amides is 1. The minimum absolute atomic E-state index is 0.149. The lowest BCUT2D eigenvalue weighted by atomic mass is 10.1. The van der Waals surface area contributed by atoms with Gasteiger partial charge >= 0.3 is 0 Å². The molecule has 1 amide bonds. The smallest absolute Gasteiger partial charge is 0.220 e. The van der Waals surface area contributed by atoms with Crippen molar-refractivity contribution in [3.8, 4) is 0 Å². The largest absolute Gasteiger partial charge is 0.356 e. The van der Waals surface area contributed by atoms with E-state index in [-0.39, 0.29) is 5.91 Å². The van der Waals surface area contributed by atoms with E-state index in [4.69, 9.17) is 0 Å². The first-order valence-corrected chi connectivity index (χ1v) is 7.82. The van der Waals surface area contributed by atoms with E-state index in [2.05, 4.69) is 39.3 Å². The van der Waals surface area contributed by atoms with Crippen LogP contribution in [0.4, 0.5) is 0 Å². The second-order valence-electron chi connectivity index (χ2n) is 5.91. The second-order valence-corrected chi connectivity index (χ2v) is 5.91. The fraction of sp³-hybridized carbons (Fsp3) is 0.733. The maximum atomic E-state index is 11.8. The predicted molar refractivity (Wildman–Crippen MR) is 83.1 cm³/mol. The Morgan fingerprint density at radius 3 is 2.86 bits per heavy atom.